The number of carboxylic acids is 1. The molecule has 0 bridgehead atoms. The molecule has 0 fully saturated rings. The molecule has 3 amide bonds. The van der Waals surface area contributed by atoms with Gasteiger partial charge < -0.3 is 21.1 Å². The van der Waals surface area contributed by atoms with Crippen molar-refractivity contribution in [2.45, 2.75) is 12.5 Å². The summed E-state index contributed by atoms with van der Waals surface area (Å²) in [5.41, 5.74) is 5.76. The second-order valence-electron chi connectivity index (χ2n) is 4.35. The summed E-state index contributed by atoms with van der Waals surface area (Å²) in [5.74, 6) is -1.81. The Kier molecular flexibility index (Phi) is 5.52. The number of benzene rings is 1. The summed E-state index contributed by atoms with van der Waals surface area (Å²) in [6.45, 7) is -0.274. The molecule has 0 aliphatic heterocycles. The lowest BCUT2D eigenvalue weighted by Crippen LogP contribution is -2.49. The van der Waals surface area contributed by atoms with Gasteiger partial charge in [-0.15, -0.1) is 0 Å². The molecule has 7 nitrogen and oxygen atoms in total. The predicted molar refractivity (Wildman–Crippen MR) is 71.9 cm³/mol. The minimum atomic E-state index is -1.14. The number of aliphatic carboxylic acids is 1. The van der Waals surface area contributed by atoms with Crippen molar-refractivity contribution in [3.63, 3.8) is 0 Å². The van der Waals surface area contributed by atoms with E-state index in [-0.39, 0.29) is 13.0 Å². The molecule has 7 heteroatoms. The number of nitrogens with zero attached hydrogens (tertiary/aromatic N) is 1. The van der Waals surface area contributed by atoms with Crippen LogP contribution in [0.1, 0.15) is 5.56 Å². The van der Waals surface area contributed by atoms with Crippen LogP contribution >= 0.6 is 0 Å². The van der Waals surface area contributed by atoms with Crippen molar-refractivity contribution in [2.75, 3.05) is 13.6 Å². The minimum Gasteiger partial charge on any atom is -0.480 e. The van der Waals surface area contributed by atoms with Gasteiger partial charge in [-0.3, -0.25) is 4.79 Å². The molecule has 4 N–H and O–H groups in total. The van der Waals surface area contributed by atoms with Gasteiger partial charge in [0, 0.05) is 13.5 Å². The van der Waals surface area contributed by atoms with Crippen LogP contribution in [0.15, 0.2) is 30.3 Å². The zero-order valence-corrected chi connectivity index (χ0v) is 11.1. The van der Waals surface area contributed by atoms with Crippen molar-refractivity contribution in [3.8, 4) is 0 Å². The highest BCUT2D eigenvalue weighted by Gasteiger charge is 2.22. The quantitative estimate of drug-likeness (QED) is 0.669. The smallest absolute Gasteiger partial charge is 0.326 e. The highest BCUT2D eigenvalue weighted by atomic mass is 16.4. The maximum absolute atomic E-state index is 11.7. The van der Waals surface area contributed by atoms with Crippen LogP contribution in [0.5, 0.6) is 0 Å². The molecule has 0 heterocycles. The summed E-state index contributed by atoms with van der Waals surface area (Å²) in [7, 11) is 1.36. The van der Waals surface area contributed by atoms with Crippen molar-refractivity contribution < 1.29 is 19.5 Å². The van der Waals surface area contributed by atoms with Gasteiger partial charge in [0.15, 0.2) is 0 Å². The first-order chi connectivity index (χ1) is 9.40. The van der Waals surface area contributed by atoms with Gasteiger partial charge in [0.2, 0.25) is 5.91 Å². The van der Waals surface area contributed by atoms with E-state index in [1.807, 2.05) is 6.07 Å². The Balaban J connectivity index is 2.66. The molecule has 1 atom stereocenters. The minimum absolute atomic E-state index is 0.159. The number of amides is 3. The molecular formula is C13H17N3O4. The number of carboxylic acid groups (broad SMARTS) is 1. The van der Waals surface area contributed by atoms with Crippen LogP contribution in [0.2, 0.25) is 0 Å². The molecule has 0 saturated heterocycles. The molecule has 0 unspecified atom stereocenters. The number of nitrogens with one attached hydrogen (secondary N) is 1. The number of carbonyl (C=O) groups excluding carboxylic acids is 2. The van der Waals surface area contributed by atoms with Gasteiger partial charge >= 0.3 is 12.0 Å². The van der Waals surface area contributed by atoms with Gasteiger partial charge in [-0.05, 0) is 5.56 Å². The van der Waals surface area contributed by atoms with Gasteiger partial charge in [0.1, 0.15) is 12.6 Å². The summed E-state index contributed by atoms with van der Waals surface area (Å²) in [6, 6.07) is 7.21. The number of likely N-dealkylation sites (N-methyl/N-ethyl adjacent to an activating group) is 1. The Morgan fingerprint density at radius 3 is 2.40 bits per heavy atom. The Labute approximate surface area is 116 Å². The number of hydrogen-bond acceptors (Lipinski definition) is 3. The zero-order chi connectivity index (χ0) is 15.1. The summed E-state index contributed by atoms with van der Waals surface area (Å²) in [5, 5.41) is 11.5. The first kappa shape index (κ1) is 15.5. The lowest BCUT2D eigenvalue weighted by atomic mass is 10.1. The second-order valence-corrected chi connectivity index (χ2v) is 4.35. The third kappa shape index (κ3) is 4.97. The van der Waals surface area contributed by atoms with E-state index < -0.39 is 23.9 Å². The molecule has 0 aromatic heterocycles. The Morgan fingerprint density at radius 2 is 1.90 bits per heavy atom. The zero-order valence-electron chi connectivity index (χ0n) is 11.1. The first-order valence-electron chi connectivity index (χ1n) is 5.97. The highest BCUT2D eigenvalue weighted by molar-refractivity contribution is 5.86. The molecule has 108 valence electrons. The second kappa shape index (κ2) is 7.13. The van der Waals surface area contributed by atoms with E-state index in [1.165, 1.54) is 7.05 Å². The summed E-state index contributed by atoms with van der Waals surface area (Å²) < 4.78 is 0. The molecule has 1 rings (SSSR count). The van der Waals surface area contributed by atoms with Crippen LogP contribution in [0, 0.1) is 0 Å². The molecule has 0 saturated carbocycles. The van der Waals surface area contributed by atoms with Crippen molar-refractivity contribution >= 4 is 17.9 Å². The van der Waals surface area contributed by atoms with E-state index in [0.29, 0.717) is 0 Å². The van der Waals surface area contributed by atoms with E-state index in [2.05, 4.69) is 5.32 Å². The molecule has 1 aromatic carbocycles. The molecule has 0 aliphatic carbocycles. The maximum Gasteiger partial charge on any atom is 0.326 e. The van der Waals surface area contributed by atoms with E-state index in [0.717, 1.165) is 10.5 Å². The van der Waals surface area contributed by atoms with E-state index in [1.54, 1.807) is 24.3 Å². The monoisotopic (exact) mass is 279 g/mol. The van der Waals surface area contributed by atoms with Crippen LogP contribution in [-0.4, -0.2) is 47.5 Å². The fraction of sp³-hybridized carbons (Fsp3) is 0.308. The van der Waals surface area contributed by atoms with Gasteiger partial charge in [-0.25, -0.2) is 9.59 Å². The number of carbonyl (C=O) groups is 3. The maximum atomic E-state index is 11.7. The molecule has 0 radical (unpaired) electrons. The fourth-order valence-corrected chi connectivity index (χ4v) is 1.61. The first-order valence-corrected chi connectivity index (χ1v) is 5.97. The van der Waals surface area contributed by atoms with Crippen molar-refractivity contribution in [1.82, 2.24) is 10.2 Å². The molecule has 20 heavy (non-hydrogen) atoms. The third-order valence-corrected chi connectivity index (χ3v) is 2.62. The summed E-state index contributed by atoms with van der Waals surface area (Å²) in [6.07, 6.45) is 0.159. The van der Waals surface area contributed by atoms with Crippen LogP contribution in [0.3, 0.4) is 0 Å². The number of hydrogen-bond donors (Lipinski definition) is 3. The summed E-state index contributed by atoms with van der Waals surface area (Å²) >= 11 is 0. The van der Waals surface area contributed by atoms with Gasteiger partial charge in [0.05, 0.1) is 0 Å². The topological polar surface area (TPSA) is 113 Å². The number of nitrogens with two attached hydrogens (primary N) is 1. The molecule has 0 spiro atoms. The van der Waals surface area contributed by atoms with Crippen LogP contribution < -0.4 is 11.1 Å². The van der Waals surface area contributed by atoms with E-state index >= 15 is 0 Å². The van der Waals surface area contributed by atoms with E-state index in [9.17, 15) is 14.4 Å². The largest absolute Gasteiger partial charge is 0.480 e. The highest BCUT2D eigenvalue weighted by Crippen LogP contribution is 2.04. The SMILES string of the molecule is CN(CC(N)=O)C(=O)N[C@H](Cc1ccccc1)C(=O)O. The number of primary amides is 1. The van der Waals surface area contributed by atoms with Crippen molar-refractivity contribution in [2.24, 2.45) is 5.73 Å². The normalized spacial score (nSPS) is 11.4. The molecular weight excluding hydrogens is 262 g/mol. The van der Waals surface area contributed by atoms with Crippen LogP contribution in [-0.2, 0) is 16.0 Å². The summed E-state index contributed by atoms with van der Waals surface area (Å²) in [4.78, 5) is 34.6. The number of urea groups is 1. The van der Waals surface area contributed by atoms with Gasteiger partial charge in [-0.2, -0.15) is 0 Å². The van der Waals surface area contributed by atoms with E-state index in [4.69, 9.17) is 10.8 Å². The average molecular weight is 279 g/mol. The number of rotatable bonds is 6. The Bertz CT molecular complexity index is 490. The average Bonchev–Trinajstić information content (AvgIpc) is 2.38. The van der Waals surface area contributed by atoms with Gasteiger partial charge in [0.25, 0.3) is 0 Å². The third-order valence-electron chi connectivity index (χ3n) is 2.62. The van der Waals surface area contributed by atoms with Crippen LogP contribution in [0.4, 0.5) is 4.79 Å². The standard InChI is InChI=1S/C13H17N3O4/c1-16(8-11(14)17)13(20)15-10(12(18)19)7-9-5-3-2-4-6-9/h2-6,10H,7-8H2,1H3,(H2,14,17)(H,15,20)(H,18,19)/t10-/m1/s1. The van der Waals surface area contributed by atoms with Gasteiger partial charge in [-0.1, -0.05) is 30.3 Å². The fourth-order valence-electron chi connectivity index (χ4n) is 1.61. The molecule has 1 aromatic rings. The van der Waals surface area contributed by atoms with Crippen molar-refractivity contribution in [3.05, 3.63) is 35.9 Å². The Morgan fingerprint density at radius 1 is 1.30 bits per heavy atom. The molecule has 0 aliphatic rings. The lowest BCUT2D eigenvalue weighted by Gasteiger charge is -2.20. The van der Waals surface area contributed by atoms with Crippen LogP contribution in [0.25, 0.3) is 0 Å². The Hall–Kier alpha value is -2.57. The lowest BCUT2D eigenvalue weighted by molar-refractivity contribution is -0.139. The van der Waals surface area contributed by atoms with Crippen molar-refractivity contribution in [1.29, 1.82) is 0 Å². The predicted octanol–water partition coefficient (Wildman–Crippen LogP) is -0.191.